The van der Waals surface area contributed by atoms with Crippen molar-refractivity contribution in [2.45, 2.75) is 23.6 Å². The summed E-state index contributed by atoms with van der Waals surface area (Å²) in [6.45, 7) is 1.54. The molecule has 1 unspecified atom stereocenters. The number of pyridine rings is 1. The monoisotopic (exact) mass is 480 g/mol. The number of sulfone groups is 1. The molecule has 2 atom stereocenters. The molecule has 5 nitrogen and oxygen atoms in total. The summed E-state index contributed by atoms with van der Waals surface area (Å²) in [6.07, 6.45) is 1.58. The van der Waals surface area contributed by atoms with Crippen LogP contribution in [-0.2, 0) is 21.2 Å². The number of nitrogens with zero attached hydrogens (tertiary/aromatic N) is 1. The van der Waals surface area contributed by atoms with Crippen molar-refractivity contribution in [2.75, 3.05) is 0 Å². The van der Waals surface area contributed by atoms with Crippen LogP contribution in [-0.4, -0.2) is 19.3 Å². The molecule has 0 aliphatic heterocycles. The smallest absolute Gasteiger partial charge is 0.224 e. The van der Waals surface area contributed by atoms with E-state index < -0.39 is 32.7 Å². The van der Waals surface area contributed by atoms with Gasteiger partial charge in [0.25, 0.3) is 0 Å². The third-order valence-electron chi connectivity index (χ3n) is 4.78. The summed E-state index contributed by atoms with van der Waals surface area (Å²) in [6, 6.07) is 14.4. The van der Waals surface area contributed by atoms with Crippen LogP contribution in [0.25, 0.3) is 0 Å². The van der Waals surface area contributed by atoms with E-state index in [2.05, 4.69) is 10.3 Å². The highest BCUT2D eigenvalue weighted by Gasteiger charge is 2.39. The summed E-state index contributed by atoms with van der Waals surface area (Å²) in [5.74, 6) is -2.46. The molecule has 9 heteroatoms. The maximum absolute atomic E-state index is 14.7. The first-order valence-electron chi connectivity index (χ1n) is 9.32. The van der Waals surface area contributed by atoms with Crippen LogP contribution in [0.4, 0.5) is 4.39 Å². The van der Waals surface area contributed by atoms with Gasteiger partial charge in [-0.15, -0.1) is 0 Å². The third kappa shape index (κ3) is 5.42. The summed E-state index contributed by atoms with van der Waals surface area (Å²) in [7, 11) is -4.17. The zero-order valence-corrected chi connectivity index (χ0v) is 18.8. The van der Waals surface area contributed by atoms with Crippen LogP contribution < -0.4 is 5.32 Å². The number of carbonyl (C=O) groups is 1. The Hall–Kier alpha value is -2.48. The van der Waals surface area contributed by atoms with Crippen LogP contribution in [0.15, 0.2) is 71.8 Å². The molecule has 0 aliphatic rings. The predicted molar refractivity (Wildman–Crippen MR) is 118 cm³/mol. The van der Waals surface area contributed by atoms with Gasteiger partial charge in [0.1, 0.15) is 11.1 Å². The molecule has 1 amide bonds. The van der Waals surface area contributed by atoms with Gasteiger partial charge in [-0.25, -0.2) is 12.8 Å². The molecular formula is C22H19Cl2FN2O3S. The summed E-state index contributed by atoms with van der Waals surface area (Å²) < 4.78 is 41.7. The summed E-state index contributed by atoms with van der Waals surface area (Å²) in [5.41, 5.74) is 0.428. The summed E-state index contributed by atoms with van der Waals surface area (Å²) in [4.78, 5) is 16.9. The number of benzene rings is 2. The van der Waals surface area contributed by atoms with Gasteiger partial charge in [-0.05, 0) is 54.6 Å². The van der Waals surface area contributed by atoms with Gasteiger partial charge in [0.15, 0.2) is 9.84 Å². The summed E-state index contributed by atoms with van der Waals surface area (Å²) in [5, 5.41) is 1.68. The lowest BCUT2D eigenvalue weighted by Gasteiger charge is -2.25. The molecule has 1 heterocycles. The molecule has 1 aromatic heterocycles. The first kappa shape index (κ1) is 23.2. The number of hydrogen-bond acceptors (Lipinski definition) is 4. The lowest BCUT2D eigenvalue weighted by atomic mass is 9.99. The fourth-order valence-electron chi connectivity index (χ4n) is 3.19. The summed E-state index contributed by atoms with van der Waals surface area (Å²) >= 11 is 11.9. The van der Waals surface area contributed by atoms with Crippen molar-refractivity contribution >= 4 is 38.9 Å². The molecule has 3 aromatic rings. The fraction of sp³-hybridized carbons (Fsp3) is 0.182. The zero-order valence-electron chi connectivity index (χ0n) is 16.4. The highest BCUT2D eigenvalue weighted by molar-refractivity contribution is 7.91. The van der Waals surface area contributed by atoms with E-state index >= 15 is 0 Å². The molecule has 0 radical (unpaired) electrons. The second kappa shape index (κ2) is 9.77. The molecule has 0 saturated heterocycles. The van der Waals surface area contributed by atoms with Gasteiger partial charge in [-0.1, -0.05) is 36.2 Å². The van der Waals surface area contributed by atoms with Crippen molar-refractivity contribution in [3.05, 3.63) is 94.0 Å². The fourth-order valence-corrected chi connectivity index (χ4v) is 5.48. The van der Waals surface area contributed by atoms with Crippen LogP contribution >= 0.6 is 23.2 Å². The Balaban J connectivity index is 2.00. The molecule has 0 bridgehead atoms. The van der Waals surface area contributed by atoms with Crippen LogP contribution in [0.2, 0.25) is 10.0 Å². The van der Waals surface area contributed by atoms with E-state index in [9.17, 15) is 17.6 Å². The van der Waals surface area contributed by atoms with Gasteiger partial charge >= 0.3 is 0 Å². The van der Waals surface area contributed by atoms with Gasteiger partial charge < -0.3 is 5.32 Å². The Labute approximate surface area is 190 Å². The van der Waals surface area contributed by atoms with Crippen molar-refractivity contribution in [3.63, 3.8) is 0 Å². The van der Waals surface area contributed by atoms with Crippen LogP contribution in [0, 0.1) is 11.7 Å². The van der Waals surface area contributed by atoms with E-state index in [0.29, 0.717) is 10.7 Å². The second-order valence-electron chi connectivity index (χ2n) is 6.91. The molecule has 31 heavy (non-hydrogen) atoms. The van der Waals surface area contributed by atoms with E-state index in [4.69, 9.17) is 23.2 Å². The average Bonchev–Trinajstić information content (AvgIpc) is 2.75. The molecular weight excluding hydrogens is 462 g/mol. The average molecular weight is 481 g/mol. The van der Waals surface area contributed by atoms with Crippen molar-refractivity contribution < 1.29 is 17.6 Å². The standard InChI is InChI=1S/C22H19Cl2FN2O3S/c1-14(22(28)27-13-17-4-2-3-11-26-17)21(19-12-16(24)7-10-20(19)25)31(29,30)18-8-5-15(23)6-9-18/h2-12,14,21H,13H2,1H3,(H,27,28)/t14-,21?/m0/s1. The Morgan fingerprint density at radius 1 is 1.06 bits per heavy atom. The Kier molecular flexibility index (Phi) is 7.30. The predicted octanol–water partition coefficient (Wildman–Crippen LogP) is 5.00. The van der Waals surface area contributed by atoms with Crippen LogP contribution in [0.1, 0.15) is 23.4 Å². The molecule has 162 valence electrons. The van der Waals surface area contributed by atoms with Gasteiger partial charge in [-0.3, -0.25) is 9.78 Å². The Morgan fingerprint density at radius 3 is 2.39 bits per heavy atom. The SMILES string of the molecule is C[C@H](C(=O)NCc1ccccn1)C(c1cc(Cl)ccc1F)S(=O)(=O)c1ccc(Cl)cc1. The number of hydrogen-bond donors (Lipinski definition) is 1. The highest BCUT2D eigenvalue weighted by atomic mass is 35.5. The Bertz CT molecular complexity index is 1170. The second-order valence-corrected chi connectivity index (χ2v) is 9.86. The maximum Gasteiger partial charge on any atom is 0.224 e. The van der Waals surface area contributed by atoms with E-state index in [1.807, 2.05) is 0 Å². The van der Waals surface area contributed by atoms with Crippen molar-refractivity contribution in [3.8, 4) is 0 Å². The molecule has 1 N–H and O–H groups in total. The minimum Gasteiger partial charge on any atom is -0.350 e. The number of halogens is 3. The van der Waals surface area contributed by atoms with Gasteiger partial charge in [0.2, 0.25) is 5.91 Å². The van der Waals surface area contributed by atoms with Crippen LogP contribution in [0.3, 0.4) is 0 Å². The number of rotatable bonds is 7. The molecule has 0 spiro atoms. The number of carbonyl (C=O) groups excluding carboxylic acids is 1. The first-order chi connectivity index (χ1) is 14.7. The molecule has 0 saturated carbocycles. The molecule has 3 rings (SSSR count). The molecule has 0 fully saturated rings. The van der Waals surface area contributed by atoms with E-state index in [0.717, 1.165) is 6.07 Å². The maximum atomic E-state index is 14.7. The van der Waals surface area contributed by atoms with Crippen molar-refractivity contribution in [1.29, 1.82) is 0 Å². The number of amides is 1. The largest absolute Gasteiger partial charge is 0.350 e. The number of nitrogens with one attached hydrogen (secondary N) is 1. The van der Waals surface area contributed by atoms with Crippen molar-refractivity contribution in [2.24, 2.45) is 5.92 Å². The van der Waals surface area contributed by atoms with Crippen LogP contribution in [0.5, 0.6) is 0 Å². The minimum atomic E-state index is -4.17. The first-order valence-corrected chi connectivity index (χ1v) is 11.6. The van der Waals surface area contributed by atoms with Gasteiger partial charge in [0.05, 0.1) is 23.1 Å². The molecule has 0 aliphatic carbocycles. The van der Waals surface area contributed by atoms with Gasteiger partial charge in [-0.2, -0.15) is 0 Å². The highest BCUT2D eigenvalue weighted by Crippen LogP contribution is 2.38. The van der Waals surface area contributed by atoms with E-state index in [1.165, 1.54) is 43.3 Å². The Morgan fingerprint density at radius 2 is 1.74 bits per heavy atom. The number of aromatic nitrogens is 1. The van der Waals surface area contributed by atoms with Gasteiger partial charge in [0, 0.05) is 21.8 Å². The molecule has 2 aromatic carbocycles. The topological polar surface area (TPSA) is 76.1 Å². The van der Waals surface area contributed by atoms with Crippen molar-refractivity contribution in [1.82, 2.24) is 10.3 Å². The normalized spacial score (nSPS) is 13.4. The quantitative estimate of drug-likeness (QED) is 0.516. The van der Waals surface area contributed by atoms with E-state index in [-0.39, 0.29) is 22.0 Å². The lowest BCUT2D eigenvalue weighted by molar-refractivity contribution is -0.124. The zero-order chi connectivity index (χ0) is 22.6. The lowest BCUT2D eigenvalue weighted by Crippen LogP contribution is -2.35. The third-order valence-corrected chi connectivity index (χ3v) is 7.53. The van der Waals surface area contributed by atoms with E-state index in [1.54, 1.807) is 24.4 Å². The minimum absolute atomic E-state index is 0.0781.